The highest BCUT2D eigenvalue weighted by Gasteiger charge is 2.36. The van der Waals surface area contributed by atoms with Crippen LogP contribution in [-0.4, -0.2) is 51.7 Å². The predicted octanol–water partition coefficient (Wildman–Crippen LogP) is 2.63. The summed E-state index contributed by atoms with van der Waals surface area (Å²) in [6.45, 7) is 2.50. The first-order valence-electron chi connectivity index (χ1n) is 10.3. The third-order valence-corrected chi connectivity index (χ3v) is 5.96. The van der Waals surface area contributed by atoms with Gasteiger partial charge in [0, 0.05) is 38.9 Å². The van der Waals surface area contributed by atoms with Crippen LogP contribution in [0.4, 0.5) is 13.2 Å². The molecule has 4 aromatic heterocycles. The summed E-state index contributed by atoms with van der Waals surface area (Å²) < 4.78 is 43.9. The maximum atomic E-state index is 13.4. The summed E-state index contributed by atoms with van der Waals surface area (Å²) in [7, 11) is 4.94. The van der Waals surface area contributed by atoms with Gasteiger partial charge in [-0.05, 0) is 25.5 Å². The van der Waals surface area contributed by atoms with E-state index in [0.29, 0.717) is 52.3 Å². The minimum atomic E-state index is -4.53. The van der Waals surface area contributed by atoms with E-state index in [9.17, 15) is 18.0 Å². The van der Waals surface area contributed by atoms with Crippen LogP contribution in [0.2, 0.25) is 0 Å². The molecular weight excluding hydrogens is 437 g/mol. The number of alkyl halides is 3. The Morgan fingerprint density at radius 3 is 2.52 bits per heavy atom. The molecule has 33 heavy (non-hydrogen) atoms. The summed E-state index contributed by atoms with van der Waals surface area (Å²) in [4.78, 5) is 19.6. The van der Waals surface area contributed by atoms with E-state index in [1.165, 1.54) is 11.7 Å². The SMILES string of the molecule is Cc1cc(C(=O)N2CCc3c(nn(C)c3-c3cc(C(F)(F)F)nn3C)C2)c2cnn(C)c2n1. The molecule has 0 bridgehead atoms. The van der Waals surface area contributed by atoms with Crippen molar-refractivity contribution in [2.24, 2.45) is 21.1 Å². The van der Waals surface area contributed by atoms with Gasteiger partial charge < -0.3 is 4.90 Å². The van der Waals surface area contributed by atoms with E-state index in [2.05, 4.69) is 20.3 Å². The van der Waals surface area contributed by atoms with E-state index in [-0.39, 0.29) is 12.5 Å². The molecule has 0 saturated heterocycles. The number of hydrogen-bond donors (Lipinski definition) is 0. The highest BCUT2D eigenvalue weighted by atomic mass is 19.4. The first-order valence-corrected chi connectivity index (χ1v) is 10.3. The van der Waals surface area contributed by atoms with Gasteiger partial charge in [0.25, 0.3) is 5.91 Å². The standard InChI is InChI=1S/C21H21F3N8O/c1-11-7-13(14-9-25-31(4)19(14)26-11)20(33)32-6-5-12-15(10-32)27-30(3)18(12)16-8-17(21(22,23)24)28-29(16)2/h7-9H,5-6,10H2,1-4H3. The summed E-state index contributed by atoms with van der Waals surface area (Å²) in [6.07, 6.45) is -2.43. The van der Waals surface area contributed by atoms with Crippen LogP contribution in [0.15, 0.2) is 18.3 Å². The number of pyridine rings is 1. The van der Waals surface area contributed by atoms with Gasteiger partial charge in [-0.1, -0.05) is 0 Å². The molecule has 1 aliphatic heterocycles. The zero-order valence-electron chi connectivity index (χ0n) is 18.5. The average Bonchev–Trinajstić information content (AvgIpc) is 3.40. The van der Waals surface area contributed by atoms with E-state index in [0.717, 1.165) is 11.6 Å². The molecular formula is C21H21F3N8O. The van der Waals surface area contributed by atoms with Crippen LogP contribution in [0.25, 0.3) is 22.4 Å². The van der Waals surface area contributed by atoms with Gasteiger partial charge >= 0.3 is 6.18 Å². The Labute approximate surface area is 186 Å². The van der Waals surface area contributed by atoms with Crippen molar-refractivity contribution in [3.05, 3.63) is 46.5 Å². The van der Waals surface area contributed by atoms with Crippen molar-refractivity contribution in [2.75, 3.05) is 6.54 Å². The van der Waals surface area contributed by atoms with Crippen LogP contribution in [0.5, 0.6) is 0 Å². The number of aromatic nitrogens is 7. The maximum Gasteiger partial charge on any atom is 0.435 e. The van der Waals surface area contributed by atoms with E-state index < -0.39 is 11.9 Å². The monoisotopic (exact) mass is 458 g/mol. The van der Waals surface area contributed by atoms with E-state index in [1.54, 1.807) is 40.6 Å². The Morgan fingerprint density at radius 2 is 1.82 bits per heavy atom. The van der Waals surface area contributed by atoms with Crippen LogP contribution < -0.4 is 0 Å². The molecule has 5 heterocycles. The van der Waals surface area contributed by atoms with Crippen molar-refractivity contribution in [1.29, 1.82) is 0 Å². The largest absolute Gasteiger partial charge is 0.435 e. The fraction of sp³-hybridized carbons (Fsp3) is 0.381. The molecule has 4 aromatic rings. The lowest BCUT2D eigenvalue weighted by Gasteiger charge is -2.27. The van der Waals surface area contributed by atoms with Crippen LogP contribution in [0, 0.1) is 6.92 Å². The normalized spacial score (nSPS) is 14.2. The molecule has 1 amide bonds. The van der Waals surface area contributed by atoms with E-state index in [1.807, 2.05) is 6.92 Å². The fourth-order valence-corrected chi connectivity index (χ4v) is 4.43. The molecule has 0 fully saturated rings. The maximum absolute atomic E-state index is 13.4. The average molecular weight is 458 g/mol. The van der Waals surface area contributed by atoms with Crippen molar-refractivity contribution in [3.63, 3.8) is 0 Å². The lowest BCUT2D eigenvalue weighted by Crippen LogP contribution is -2.36. The smallest absolute Gasteiger partial charge is 0.332 e. The number of halogens is 3. The van der Waals surface area contributed by atoms with Crippen molar-refractivity contribution < 1.29 is 18.0 Å². The van der Waals surface area contributed by atoms with Crippen molar-refractivity contribution in [3.8, 4) is 11.4 Å². The number of hydrogen-bond acceptors (Lipinski definition) is 5. The molecule has 0 saturated carbocycles. The van der Waals surface area contributed by atoms with Gasteiger partial charge in [-0.2, -0.15) is 28.5 Å². The first-order chi connectivity index (χ1) is 15.5. The summed E-state index contributed by atoms with van der Waals surface area (Å²) in [5.41, 5.74) is 3.32. The van der Waals surface area contributed by atoms with Crippen LogP contribution in [-0.2, 0) is 40.3 Å². The second kappa shape index (κ2) is 7.15. The molecule has 0 aromatic carbocycles. The third-order valence-electron chi connectivity index (χ3n) is 5.96. The number of amides is 1. The van der Waals surface area contributed by atoms with Crippen molar-refractivity contribution in [1.82, 2.24) is 39.2 Å². The summed E-state index contributed by atoms with van der Waals surface area (Å²) in [5.74, 6) is -0.156. The summed E-state index contributed by atoms with van der Waals surface area (Å²) in [5, 5.41) is 13.0. The minimum absolute atomic E-state index is 0.156. The Balaban J connectivity index is 1.49. The zero-order valence-corrected chi connectivity index (χ0v) is 18.5. The molecule has 172 valence electrons. The minimum Gasteiger partial charge on any atom is -0.332 e. The molecule has 0 radical (unpaired) electrons. The molecule has 9 nitrogen and oxygen atoms in total. The second-order valence-electron chi connectivity index (χ2n) is 8.23. The number of rotatable bonds is 2. The van der Waals surface area contributed by atoms with Gasteiger partial charge in [0.2, 0.25) is 0 Å². The van der Waals surface area contributed by atoms with Crippen LogP contribution in [0.3, 0.4) is 0 Å². The summed E-state index contributed by atoms with van der Waals surface area (Å²) >= 11 is 0. The lowest BCUT2D eigenvalue weighted by atomic mass is 10.0. The highest BCUT2D eigenvalue weighted by molar-refractivity contribution is 6.05. The quantitative estimate of drug-likeness (QED) is 0.461. The molecule has 12 heteroatoms. The fourth-order valence-electron chi connectivity index (χ4n) is 4.43. The Hall–Kier alpha value is -3.70. The van der Waals surface area contributed by atoms with Crippen molar-refractivity contribution in [2.45, 2.75) is 26.1 Å². The van der Waals surface area contributed by atoms with Gasteiger partial charge in [-0.3, -0.25) is 18.8 Å². The van der Waals surface area contributed by atoms with Gasteiger partial charge in [0.15, 0.2) is 11.3 Å². The number of aryl methyl sites for hydroxylation is 4. The predicted molar refractivity (Wildman–Crippen MR) is 112 cm³/mol. The molecule has 5 rings (SSSR count). The first kappa shape index (κ1) is 21.2. The van der Waals surface area contributed by atoms with Crippen molar-refractivity contribution >= 4 is 16.9 Å². The van der Waals surface area contributed by atoms with Crippen LogP contribution >= 0.6 is 0 Å². The zero-order chi connectivity index (χ0) is 23.7. The topological polar surface area (TPSA) is 86.7 Å². The van der Waals surface area contributed by atoms with Gasteiger partial charge in [0.05, 0.1) is 40.8 Å². The van der Waals surface area contributed by atoms with E-state index >= 15 is 0 Å². The third kappa shape index (κ3) is 3.36. The second-order valence-corrected chi connectivity index (χ2v) is 8.23. The Kier molecular flexibility index (Phi) is 4.59. The molecule has 0 N–H and O–H groups in total. The molecule has 0 unspecified atom stereocenters. The molecule has 0 aliphatic carbocycles. The number of carbonyl (C=O) groups is 1. The number of fused-ring (bicyclic) bond motifs is 2. The molecule has 1 aliphatic rings. The lowest BCUT2D eigenvalue weighted by molar-refractivity contribution is -0.141. The Morgan fingerprint density at radius 1 is 1.06 bits per heavy atom. The van der Waals surface area contributed by atoms with Gasteiger partial charge in [0.1, 0.15) is 0 Å². The highest BCUT2D eigenvalue weighted by Crippen LogP contribution is 2.35. The Bertz CT molecular complexity index is 1410. The number of nitrogens with zero attached hydrogens (tertiary/aromatic N) is 8. The molecule has 0 atom stereocenters. The van der Waals surface area contributed by atoms with E-state index in [4.69, 9.17) is 0 Å². The molecule has 0 spiro atoms. The van der Waals surface area contributed by atoms with Gasteiger partial charge in [-0.25, -0.2) is 4.98 Å². The summed E-state index contributed by atoms with van der Waals surface area (Å²) in [6, 6.07) is 2.79. The van der Waals surface area contributed by atoms with Gasteiger partial charge in [-0.15, -0.1) is 0 Å². The van der Waals surface area contributed by atoms with Crippen LogP contribution in [0.1, 0.15) is 33.0 Å². The number of carbonyl (C=O) groups excluding carboxylic acids is 1.